The van der Waals surface area contributed by atoms with Crippen molar-refractivity contribution in [3.63, 3.8) is 0 Å². The molecule has 0 aliphatic heterocycles. The van der Waals surface area contributed by atoms with Crippen molar-refractivity contribution in [3.05, 3.63) is 42.0 Å². The van der Waals surface area contributed by atoms with Crippen LogP contribution >= 0.6 is 0 Å². The molecule has 0 aliphatic rings. The first kappa shape index (κ1) is 22.8. The summed E-state index contributed by atoms with van der Waals surface area (Å²) in [5, 5.41) is 0. The summed E-state index contributed by atoms with van der Waals surface area (Å²) in [7, 11) is 0. The topological polar surface area (TPSA) is 18.5 Å². The molecular formula is C24H40O2. The molecular weight excluding hydrogens is 320 g/mol. The maximum atomic E-state index is 6.11. The SMILES string of the molecule is CCCC(CC)c1ccc(OC(C/C=C/CC(C)CC)OC(C)C)cc1. The van der Waals surface area contributed by atoms with Crippen molar-refractivity contribution >= 4 is 0 Å². The van der Waals surface area contributed by atoms with Crippen LogP contribution in [0.25, 0.3) is 0 Å². The predicted molar refractivity (Wildman–Crippen MR) is 113 cm³/mol. The maximum absolute atomic E-state index is 6.11. The number of allylic oxidation sites excluding steroid dienone is 1. The first-order valence-corrected chi connectivity index (χ1v) is 10.6. The third kappa shape index (κ3) is 8.89. The molecule has 1 aromatic rings. The Balaban J connectivity index is 2.66. The lowest BCUT2D eigenvalue weighted by Gasteiger charge is -2.21. The fourth-order valence-corrected chi connectivity index (χ4v) is 3.06. The minimum Gasteiger partial charge on any atom is -0.465 e. The highest BCUT2D eigenvalue weighted by Gasteiger charge is 2.13. The zero-order valence-corrected chi connectivity index (χ0v) is 17.8. The molecule has 0 fully saturated rings. The van der Waals surface area contributed by atoms with E-state index in [9.17, 15) is 0 Å². The van der Waals surface area contributed by atoms with Crippen LogP contribution in [0, 0.1) is 5.92 Å². The van der Waals surface area contributed by atoms with Gasteiger partial charge in [0, 0.05) is 6.42 Å². The summed E-state index contributed by atoms with van der Waals surface area (Å²) in [5.41, 5.74) is 1.41. The van der Waals surface area contributed by atoms with Crippen molar-refractivity contribution in [2.75, 3.05) is 0 Å². The lowest BCUT2D eigenvalue weighted by Crippen LogP contribution is -2.23. The molecule has 2 heteroatoms. The van der Waals surface area contributed by atoms with E-state index in [1.165, 1.54) is 31.2 Å². The molecule has 2 nitrogen and oxygen atoms in total. The second kappa shape index (κ2) is 13.0. The summed E-state index contributed by atoms with van der Waals surface area (Å²) in [4.78, 5) is 0. The Morgan fingerprint density at radius 1 is 0.885 bits per heavy atom. The lowest BCUT2D eigenvalue weighted by molar-refractivity contribution is -0.105. The van der Waals surface area contributed by atoms with Crippen LogP contribution in [0.4, 0.5) is 0 Å². The summed E-state index contributed by atoms with van der Waals surface area (Å²) >= 11 is 0. The molecule has 0 spiro atoms. The highest BCUT2D eigenvalue weighted by molar-refractivity contribution is 5.29. The molecule has 3 atom stereocenters. The van der Waals surface area contributed by atoms with Gasteiger partial charge in [-0.25, -0.2) is 0 Å². The molecule has 3 unspecified atom stereocenters. The van der Waals surface area contributed by atoms with Crippen molar-refractivity contribution in [2.45, 2.75) is 98.4 Å². The Morgan fingerprint density at radius 2 is 1.54 bits per heavy atom. The minimum absolute atomic E-state index is 0.149. The molecule has 0 saturated heterocycles. The molecule has 1 rings (SSSR count). The largest absolute Gasteiger partial charge is 0.465 e. The Kier molecular flexibility index (Phi) is 11.4. The van der Waals surface area contributed by atoms with Gasteiger partial charge in [0.25, 0.3) is 0 Å². The van der Waals surface area contributed by atoms with Crippen molar-refractivity contribution < 1.29 is 9.47 Å². The van der Waals surface area contributed by atoms with Crippen LogP contribution in [0.3, 0.4) is 0 Å². The number of hydrogen-bond donors (Lipinski definition) is 0. The molecule has 0 bridgehead atoms. The van der Waals surface area contributed by atoms with Crippen LogP contribution in [-0.2, 0) is 4.74 Å². The first-order valence-electron chi connectivity index (χ1n) is 10.6. The Morgan fingerprint density at radius 3 is 2.08 bits per heavy atom. The van der Waals surface area contributed by atoms with Crippen molar-refractivity contribution in [1.29, 1.82) is 0 Å². The van der Waals surface area contributed by atoms with Gasteiger partial charge < -0.3 is 9.47 Å². The zero-order valence-electron chi connectivity index (χ0n) is 17.8. The average molecular weight is 361 g/mol. The van der Waals surface area contributed by atoms with Crippen molar-refractivity contribution in [2.24, 2.45) is 5.92 Å². The van der Waals surface area contributed by atoms with Gasteiger partial charge in [-0.2, -0.15) is 0 Å². The normalized spacial score (nSPS) is 15.3. The second-order valence-corrected chi connectivity index (χ2v) is 7.65. The van der Waals surface area contributed by atoms with Crippen molar-refractivity contribution in [3.8, 4) is 5.75 Å². The van der Waals surface area contributed by atoms with Gasteiger partial charge in [0.1, 0.15) is 5.75 Å². The van der Waals surface area contributed by atoms with Gasteiger partial charge in [-0.3, -0.25) is 0 Å². The molecule has 0 aliphatic carbocycles. The third-order valence-corrected chi connectivity index (χ3v) is 4.90. The molecule has 0 saturated carbocycles. The quantitative estimate of drug-likeness (QED) is 0.268. The Labute approximate surface area is 162 Å². The van der Waals surface area contributed by atoms with Gasteiger partial charge in [0.15, 0.2) is 0 Å². The fraction of sp³-hybridized carbons (Fsp3) is 0.667. The van der Waals surface area contributed by atoms with Crippen LogP contribution < -0.4 is 4.74 Å². The highest BCUT2D eigenvalue weighted by atomic mass is 16.7. The number of hydrogen-bond acceptors (Lipinski definition) is 2. The van der Waals surface area contributed by atoms with Crippen molar-refractivity contribution in [1.82, 2.24) is 0 Å². The lowest BCUT2D eigenvalue weighted by atomic mass is 9.92. The van der Waals surface area contributed by atoms with Crippen LogP contribution in [-0.4, -0.2) is 12.4 Å². The highest BCUT2D eigenvalue weighted by Crippen LogP contribution is 2.27. The summed E-state index contributed by atoms with van der Waals surface area (Å²) in [5.74, 6) is 2.28. The van der Waals surface area contributed by atoms with Crippen LogP contribution in [0.15, 0.2) is 36.4 Å². The number of ether oxygens (including phenoxy) is 2. The van der Waals surface area contributed by atoms with E-state index in [2.05, 4.69) is 78.0 Å². The van der Waals surface area contributed by atoms with E-state index in [0.717, 1.165) is 24.5 Å². The number of rotatable bonds is 13. The molecule has 148 valence electrons. The standard InChI is InChI=1S/C24H40O2/c1-7-12-21(9-3)22-15-17-23(18-16-22)26-24(25-19(4)5)14-11-10-13-20(6)8-2/h10-11,15-21,24H,7-9,12-14H2,1-6H3/b11-10+. The van der Waals surface area contributed by atoms with Gasteiger partial charge in [0.2, 0.25) is 6.29 Å². The first-order chi connectivity index (χ1) is 12.5. The maximum Gasteiger partial charge on any atom is 0.203 e. The van der Waals surface area contributed by atoms with Gasteiger partial charge >= 0.3 is 0 Å². The third-order valence-electron chi connectivity index (χ3n) is 4.90. The van der Waals surface area contributed by atoms with Gasteiger partial charge in [-0.1, -0.05) is 64.8 Å². The second-order valence-electron chi connectivity index (χ2n) is 7.65. The van der Waals surface area contributed by atoms with E-state index >= 15 is 0 Å². The average Bonchev–Trinajstić information content (AvgIpc) is 2.63. The smallest absolute Gasteiger partial charge is 0.203 e. The summed E-state index contributed by atoms with van der Waals surface area (Å²) < 4.78 is 12.1. The molecule has 0 amide bonds. The van der Waals surface area contributed by atoms with E-state index in [0.29, 0.717) is 5.92 Å². The molecule has 1 aromatic carbocycles. The van der Waals surface area contributed by atoms with Crippen LogP contribution in [0.1, 0.15) is 91.5 Å². The summed E-state index contributed by atoms with van der Waals surface area (Å²) in [6, 6.07) is 8.61. The Hall–Kier alpha value is -1.28. The van der Waals surface area contributed by atoms with E-state index in [-0.39, 0.29) is 12.4 Å². The van der Waals surface area contributed by atoms with E-state index in [1.807, 2.05) is 0 Å². The van der Waals surface area contributed by atoms with Gasteiger partial charge in [-0.05, 0) is 62.6 Å². The monoisotopic (exact) mass is 360 g/mol. The molecule has 0 heterocycles. The molecule has 0 radical (unpaired) electrons. The summed E-state index contributed by atoms with van der Waals surface area (Å²) in [6.07, 6.45) is 11.2. The molecule has 26 heavy (non-hydrogen) atoms. The van der Waals surface area contributed by atoms with E-state index in [1.54, 1.807) is 0 Å². The van der Waals surface area contributed by atoms with Gasteiger partial charge in [-0.15, -0.1) is 0 Å². The molecule has 0 aromatic heterocycles. The van der Waals surface area contributed by atoms with E-state index < -0.39 is 0 Å². The zero-order chi connectivity index (χ0) is 19.4. The van der Waals surface area contributed by atoms with E-state index in [4.69, 9.17) is 9.47 Å². The van der Waals surface area contributed by atoms with Crippen LogP contribution in [0.2, 0.25) is 0 Å². The fourth-order valence-electron chi connectivity index (χ4n) is 3.06. The van der Waals surface area contributed by atoms with Gasteiger partial charge in [0.05, 0.1) is 6.10 Å². The summed E-state index contributed by atoms with van der Waals surface area (Å²) in [6.45, 7) is 13.1. The minimum atomic E-state index is -0.230. The number of benzene rings is 1. The molecule has 0 N–H and O–H groups in total. The Bertz CT molecular complexity index is 489. The van der Waals surface area contributed by atoms with Crippen LogP contribution in [0.5, 0.6) is 5.75 Å². The predicted octanol–water partition coefficient (Wildman–Crippen LogP) is 7.49.